The monoisotopic (exact) mass is 825 g/mol. The Hall–Kier alpha value is -5.65. The van der Waals surface area contributed by atoms with Gasteiger partial charge in [-0.25, -0.2) is 0 Å². The number of ether oxygens (including phenoxy) is 5. The number of benzene rings is 2. The second-order valence-electron chi connectivity index (χ2n) is 15.2. The van der Waals surface area contributed by atoms with Crippen LogP contribution in [0, 0.1) is 30.6 Å². The Bertz CT molecular complexity index is 2060. The average Bonchev–Trinajstić information content (AvgIpc) is 3.44. The van der Waals surface area contributed by atoms with Gasteiger partial charge in [-0.1, -0.05) is 45.9 Å². The third kappa shape index (κ3) is 9.97. The number of fused-ring (bicyclic) bond motifs is 14. The minimum Gasteiger partial charge on any atom is -0.507 e. The molecular weight excluding hydrogens is 770 g/mol. The van der Waals surface area contributed by atoms with Crippen molar-refractivity contribution in [3.05, 3.63) is 53.3 Å². The fraction of sp³-hybridized carbons (Fsp3) is 0.500. The molecule has 3 amide bonds. The van der Waals surface area contributed by atoms with Crippen LogP contribution in [0.3, 0.4) is 0 Å². The number of carbonyl (C=O) groups is 5. The van der Waals surface area contributed by atoms with E-state index in [1.54, 1.807) is 39.8 Å². The molecule has 0 spiro atoms. The van der Waals surface area contributed by atoms with Crippen LogP contribution in [0.4, 0.5) is 5.69 Å². The first-order valence-electron chi connectivity index (χ1n) is 19.1. The Morgan fingerprint density at radius 3 is 2.24 bits per heavy atom. The highest BCUT2D eigenvalue weighted by Crippen LogP contribution is 2.54. The molecule has 7 N–H and O–H groups in total. The summed E-state index contributed by atoms with van der Waals surface area (Å²) in [5, 5.41) is 52.9. The molecule has 0 fully saturated rings. The van der Waals surface area contributed by atoms with Gasteiger partial charge in [0.15, 0.2) is 12.4 Å². The molecule has 17 nitrogen and oxygen atoms in total. The second kappa shape index (κ2) is 18.9. The number of phenolic OH excluding ortho intramolecular Hbond substituents is 2. The lowest BCUT2D eigenvalue weighted by Crippen LogP contribution is -2.46. The van der Waals surface area contributed by atoms with E-state index in [0.717, 1.165) is 0 Å². The van der Waals surface area contributed by atoms with Gasteiger partial charge in [0, 0.05) is 74.1 Å². The zero-order valence-corrected chi connectivity index (χ0v) is 34.9. The third-order valence-corrected chi connectivity index (χ3v) is 10.8. The number of aliphatic hydroxyl groups is 2. The first kappa shape index (κ1) is 46.0. The van der Waals surface area contributed by atoms with Gasteiger partial charge < -0.3 is 60.1 Å². The summed E-state index contributed by atoms with van der Waals surface area (Å²) in [6, 6.07) is 1.19. The van der Waals surface area contributed by atoms with E-state index in [1.165, 1.54) is 66.2 Å². The number of aliphatic hydroxyl groups excluding tert-OH is 2. The van der Waals surface area contributed by atoms with Gasteiger partial charge in [-0.2, -0.15) is 0 Å². The smallest absolute Gasteiger partial charge is 0.312 e. The topological polar surface area (TPSA) is 249 Å². The maximum atomic E-state index is 14.4. The van der Waals surface area contributed by atoms with Gasteiger partial charge in [-0.3, -0.25) is 24.0 Å². The molecule has 5 rings (SSSR count). The zero-order valence-electron chi connectivity index (χ0n) is 34.9. The number of phenols is 2. The van der Waals surface area contributed by atoms with Gasteiger partial charge in [0.1, 0.15) is 23.4 Å². The molecule has 0 radical (unpaired) electrons. The largest absolute Gasteiger partial charge is 0.507 e. The molecular formula is C42H55N3O14. The van der Waals surface area contributed by atoms with Crippen molar-refractivity contribution >= 4 is 45.9 Å². The quantitative estimate of drug-likeness (QED) is 0.120. The number of allylic oxidation sites excluding steroid dienone is 2. The summed E-state index contributed by atoms with van der Waals surface area (Å²) in [7, 11) is 1.42. The predicted molar refractivity (Wildman–Crippen MR) is 214 cm³/mol. The number of esters is 1. The molecule has 0 unspecified atom stereocenters. The molecule has 5 bridgehead atoms. The summed E-state index contributed by atoms with van der Waals surface area (Å²) in [4.78, 5) is 64.2. The van der Waals surface area contributed by atoms with Crippen molar-refractivity contribution in [2.24, 2.45) is 23.7 Å². The number of nitrogens with one attached hydrogen (secondary N) is 3. The van der Waals surface area contributed by atoms with E-state index in [1.807, 2.05) is 0 Å². The number of hydrogen-bond acceptors (Lipinski definition) is 14. The van der Waals surface area contributed by atoms with Gasteiger partial charge in [0.05, 0.1) is 47.9 Å². The van der Waals surface area contributed by atoms with Gasteiger partial charge in [0.2, 0.25) is 5.91 Å². The van der Waals surface area contributed by atoms with E-state index >= 15 is 0 Å². The maximum Gasteiger partial charge on any atom is 0.312 e. The first-order valence-corrected chi connectivity index (χ1v) is 19.1. The van der Waals surface area contributed by atoms with Crippen LogP contribution in [-0.4, -0.2) is 100 Å². The van der Waals surface area contributed by atoms with E-state index in [0.29, 0.717) is 0 Å². The predicted octanol–water partition coefficient (Wildman–Crippen LogP) is 3.64. The summed E-state index contributed by atoms with van der Waals surface area (Å²) in [6.07, 6.45) is 3.38. The van der Waals surface area contributed by atoms with Crippen molar-refractivity contribution < 1.29 is 68.1 Å². The minimum atomic E-state index is -2.06. The van der Waals surface area contributed by atoms with Crippen molar-refractivity contribution in [1.82, 2.24) is 10.6 Å². The third-order valence-electron chi connectivity index (χ3n) is 10.8. The van der Waals surface area contributed by atoms with Crippen LogP contribution in [0.15, 0.2) is 42.2 Å². The normalized spacial score (nSPS) is 29.7. The van der Waals surface area contributed by atoms with Crippen LogP contribution < -0.4 is 25.4 Å². The lowest BCUT2D eigenvalue weighted by Gasteiger charge is -2.38. The van der Waals surface area contributed by atoms with Crippen molar-refractivity contribution in [2.75, 3.05) is 25.7 Å². The number of rotatable bonds is 7. The lowest BCUT2D eigenvalue weighted by atomic mass is 9.78. The number of methoxy groups -OCH3 is 1. The SMILES string of the molecule is CO[C@H]1/C=C/O[C@@]2(C)Oc3c(C)c(O)c4c(O)c(cc(OCC(=O)NCNC(C)=O)c4c3C2=O)NC(=O)/C(C)=C\C=C\[C@H](C)[C@H](O)[C@@H](C)[C@@H](O)[C@@H](C)[C@H](OC(C)=O)[C@@H]1C. The molecule has 322 valence electrons. The molecule has 3 aliphatic rings. The Balaban J connectivity index is 1.91. The Morgan fingerprint density at radius 1 is 0.932 bits per heavy atom. The number of amides is 3. The number of carbonyl (C=O) groups excluding carboxylic acids is 5. The zero-order chi connectivity index (χ0) is 44.1. The number of anilines is 1. The summed E-state index contributed by atoms with van der Waals surface area (Å²) >= 11 is 0. The van der Waals surface area contributed by atoms with Gasteiger partial charge >= 0.3 is 11.8 Å². The Morgan fingerprint density at radius 2 is 1.61 bits per heavy atom. The van der Waals surface area contributed by atoms with Gasteiger partial charge in [-0.05, 0) is 19.9 Å². The molecule has 3 aliphatic heterocycles. The first-order chi connectivity index (χ1) is 27.6. The molecule has 2 aromatic carbocycles. The van der Waals surface area contributed by atoms with E-state index in [-0.39, 0.29) is 57.2 Å². The van der Waals surface area contributed by atoms with Crippen LogP contribution in [0.1, 0.15) is 71.3 Å². The average molecular weight is 826 g/mol. The van der Waals surface area contributed by atoms with E-state index in [9.17, 15) is 44.4 Å². The summed E-state index contributed by atoms with van der Waals surface area (Å²) in [6.45, 7) is 12.8. The summed E-state index contributed by atoms with van der Waals surface area (Å²) in [5.41, 5.74) is -0.211. The minimum absolute atomic E-state index is 0.0346. The highest BCUT2D eigenvalue weighted by atomic mass is 16.7. The number of hydrogen-bond donors (Lipinski definition) is 7. The number of aromatic hydroxyl groups is 2. The van der Waals surface area contributed by atoms with Crippen LogP contribution in [0.25, 0.3) is 10.8 Å². The van der Waals surface area contributed by atoms with Crippen molar-refractivity contribution in [1.29, 1.82) is 0 Å². The standard InChI is InChI=1S/C42H55N3O14/c1-19-12-11-13-20(2)41(54)45-27-16-29(56-17-30(48)44-18-43-25(7)46)31-32(37(27)52)36(51)24(6)39-33(31)40(53)42(9,59-39)57-15-14-28(55-10)21(3)38(58-26(8)47)23(5)35(50)22(4)34(19)49/h11-16,19,21-23,28,34-35,38,49-52H,17-18H2,1-10H3,(H,43,46)(H,44,48)(H,45,54)/b12-11+,15-14+,20-13-/t19-,21+,22+,23+,28-,34-,35+,38+,42-/m0/s1. The Kier molecular flexibility index (Phi) is 14.8. The van der Waals surface area contributed by atoms with Crippen LogP contribution >= 0.6 is 0 Å². The number of ketones is 1. The van der Waals surface area contributed by atoms with Gasteiger partial charge in [0.25, 0.3) is 17.6 Å². The van der Waals surface area contributed by atoms with Crippen LogP contribution in [0.2, 0.25) is 0 Å². The van der Waals surface area contributed by atoms with Crippen molar-refractivity contribution in [3.8, 4) is 23.0 Å². The molecule has 2 aromatic rings. The Labute approximate surface area is 342 Å². The molecule has 9 atom stereocenters. The van der Waals surface area contributed by atoms with Crippen LogP contribution in [0.5, 0.6) is 23.0 Å². The van der Waals surface area contributed by atoms with E-state index in [2.05, 4.69) is 16.0 Å². The van der Waals surface area contributed by atoms with E-state index in [4.69, 9.17) is 23.7 Å². The lowest BCUT2D eigenvalue weighted by molar-refractivity contribution is -0.160. The molecule has 0 aromatic heterocycles. The molecule has 0 saturated carbocycles. The van der Waals surface area contributed by atoms with Crippen molar-refractivity contribution in [2.45, 2.75) is 92.5 Å². The fourth-order valence-electron chi connectivity index (χ4n) is 7.21. The summed E-state index contributed by atoms with van der Waals surface area (Å²) < 4.78 is 29.4. The molecule has 59 heavy (non-hydrogen) atoms. The second-order valence-corrected chi connectivity index (χ2v) is 15.2. The molecule has 0 aliphatic carbocycles. The highest BCUT2D eigenvalue weighted by Gasteiger charge is 2.49. The molecule has 0 saturated heterocycles. The number of Topliss-reactive ketones (excluding diaryl/α,β-unsaturated/α-hetero) is 1. The van der Waals surface area contributed by atoms with E-state index < -0.39 is 95.5 Å². The van der Waals surface area contributed by atoms with Crippen molar-refractivity contribution in [3.63, 3.8) is 0 Å². The fourth-order valence-corrected chi connectivity index (χ4v) is 7.21. The molecule has 17 heteroatoms. The van der Waals surface area contributed by atoms with Crippen LogP contribution in [-0.2, 0) is 33.4 Å². The highest BCUT2D eigenvalue weighted by molar-refractivity contribution is 6.21. The molecule has 3 heterocycles. The maximum absolute atomic E-state index is 14.4. The van der Waals surface area contributed by atoms with Gasteiger partial charge in [-0.15, -0.1) is 0 Å². The summed E-state index contributed by atoms with van der Waals surface area (Å²) in [5.74, 6) is -9.20.